The van der Waals surface area contributed by atoms with Crippen LogP contribution >= 0.6 is 27.5 Å². The van der Waals surface area contributed by atoms with Crippen molar-refractivity contribution in [2.75, 3.05) is 5.32 Å². The molecule has 1 N–H and O–H groups in total. The quantitative estimate of drug-likeness (QED) is 0.853. The zero-order valence-corrected chi connectivity index (χ0v) is 11.2. The Balaban J connectivity index is 2.12. The van der Waals surface area contributed by atoms with E-state index in [1.807, 2.05) is 12.1 Å². The lowest BCUT2D eigenvalue weighted by molar-refractivity contribution is 0.630. The van der Waals surface area contributed by atoms with Crippen molar-refractivity contribution < 1.29 is 4.39 Å². The summed E-state index contributed by atoms with van der Waals surface area (Å²) in [7, 11) is 0. The minimum atomic E-state index is -0.259. The zero-order chi connectivity index (χ0) is 12.3. The zero-order valence-electron chi connectivity index (χ0n) is 8.88. The van der Waals surface area contributed by atoms with Gasteiger partial charge in [-0.25, -0.2) is 4.39 Å². The summed E-state index contributed by atoms with van der Waals surface area (Å²) in [4.78, 5) is 0. The van der Waals surface area contributed by atoms with Crippen molar-refractivity contribution in [3.8, 4) is 0 Å². The average molecular weight is 315 g/mol. The van der Waals surface area contributed by atoms with Gasteiger partial charge in [0.2, 0.25) is 0 Å². The molecule has 0 radical (unpaired) electrons. The van der Waals surface area contributed by atoms with E-state index in [0.717, 1.165) is 10.0 Å². The molecule has 0 aliphatic heterocycles. The Morgan fingerprint density at radius 2 is 1.94 bits per heavy atom. The number of halogens is 3. The molecule has 17 heavy (non-hydrogen) atoms. The fourth-order valence-corrected chi connectivity index (χ4v) is 2.06. The molecule has 2 aromatic rings. The molecular formula is C13H10BrClFN. The third-order valence-corrected chi connectivity index (χ3v) is 3.36. The molecule has 2 aromatic carbocycles. The summed E-state index contributed by atoms with van der Waals surface area (Å²) in [5.74, 6) is -0.259. The van der Waals surface area contributed by atoms with Gasteiger partial charge in [0.05, 0.1) is 5.69 Å². The highest BCUT2D eigenvalue weighted by atomic mass is 79.9. The molecule has 0 saturated heterocycles. The summed E-state index contributed by atoms with van der Waals surface area (Å²) in [5, 5.41) is 3.70. The standard InChI is InChI=1S/C13H10BrClFN/c14-11-6-5-10(15)7-9(11)8-17-13-4-2-1-3-12(13)16/h1-7,17H,8H2. The highest BCUT2D eigenvalue weighted by Gasteiger charge is 2.03. The van der Waals surface area contributed by atoms with E-state index >= 15 is 0 Å². The molecule has 0 fully saturated rings. The van der Waals surface area contributed by atoms with Crippen LogP contribution in [0.25, 0.3) is 0 Å². The molecule has 0 atom stereocenters. The molecule has 0 aliphatic rings. The van der Waals surface area contributed by atoms with Crippen LogP contribution in [0.1, 0.15) is 5.56 Å². The Labute approximate surface area is 113 Å². The van der Waals surface area contributed by atoms with E-state index in [1.54, 1.807) is 24.3 Å². The Bertz CT molecular complexity index is 531. The van der Waals surface area contributed by atoms with E-state index in [1.165, 1.54) is 6.07 Å². The van der Waals surface area contributed by atoms with Crippen molar-refractivity contribution in [3.63, 3.8) is 0 Å². The van der Waals surface area contributed by atoms with Crippen molar-refractivity contribution in [1.29, 1.82) is 0 Å². The topological polar surface area (TPSA) is 12.0 Å². The highest BCUT2D eigenvalue weighted by molar-refractivity contribution is 9.10. The predicted octanol–water partition coefficient (Wildman–Crippen LogP) is 4.85. The van der Waals surface area contributed by atoms with Crippen LogP contribution < -0.4 is 5.32 Å². The Morgan fingerprint density at radius 1 is 1.18 bits per heavy atom. The Hall–Kier alpha value is -1.06. The third-order valence-electron chi connectivity index (χ3n) is 2.35. The first-order valence-corrected chi connectivity index (χ1v) is 6.26. The van der Waals surface area contributed by atoms with Crippen LogP contribution in [0.15, 0.2) is 46.9 Å². The van der Waals surface area contributed by atoms with Crippen molar-refractivity contribution in [3.05, 3.63) is 63.3 Å². The largest absolute Gasteiger partial charge is 0.379 e. The molecule has 0 aromatic heterocycles. The van der Waals surface area contributed by atoms with Crippen LogP contribution in [-0.2, 0) is 6.54 Å². The molecular weight excluding hydrogens is 305 g/mol. The minimum absolute atomic E-state index is 0.259. The molecule has 0 saturated carbocycles. The summed E-state index contributed by atoms with van der Waals surface area (Å²) in [6, 6.07) is 12.1. The van der Waals surface area contributed by atoms with Gasteiger partial charge in [0.1, 0.15) is 5.82 Å². The van der Waals surface area contributed by atoms with Gasteiger partial charge < -0.3 is 5.32 Å². The lowest BCUT2D eigenvalue weighted by Gasteiger charge is -2.09. The Morgan fingerprint density at radius 3 is 2.71 bits per heavy atom. The fraction of sp³-hybridized carbons (Fsp3) is 0.0769. The molecule has 2 rings (SSSR count). The lowest BCUT2D eigenvalue weighted by atomic mass is 10.2. The van der Waals surface area contributed by atoms with Gasteiger partial charge >= 0.3 is 0 Å². The van der Waals surface area contributed by atoms with E-state index in [0.29, 0.717) is 17.3 Å². The van der Waals surface area contributed by atoms with Crippen molar-refractivity contribution in [1.82, 2.24) is 0 Å². The van der Waals surface area contributed by atoms with Gasteiger partial charge in [-0.05, 0) is 35.9 Å². The molecule has 0 spiro atoms. The monoisotopic (exact) mass is 313 g/mol. The molecule has 0 bridgehead atoms. The number of anilines is 1. The van der Waals surface area contributed by atoms with E-state index in [9.17, 15) is 4.39 Å². The van der Waals surface area contributed by atoms with Gasteiger partial charge in [-0.3, -0.25) is 0 Å². The molecule has 0 heterocycles. The second-order valence-corrected chi connectivity index (χ2v) is 4.86. The van der Waals surface area contributed by atoms with E-state index in [-0.39, 0.29) is 5.82 Å². The normalized spacial score (nSPS) is 10.3. The van der Waals surface area contributed by atoms with Crippen molar-refractivity contribution in [2.24, 2.45) is 0 Å². The van der Waals surface area contributed by atoms with Crippen molar-refractivity contribution in [2.45, 2.75) is 6.54 Å². The molecule has 0 amide bonds. The number of benzene rings is 2. The Kier molecular flexibility index (Phi) is 4.02. The van der Waals surface area contributed by atoms with E-state index in [2.05, 4.69) is 21.2 Å². The average Bonchev–Trinajstić information content (AvgIpc) is 2.32. The summed E-state index contributed by atoms with van der Waals surface area (Å²) in [6.45, 7) is 0.516. The summed E-state index contributed by atoms with van der Waals surface area (Å²) >= 11 is 9.34. The molecule has 0 unspecified atom stereocenters. The van der Waals surface area contributed by atoms with Gasteiger partial charge in [0.25, 0.3) is 0 Å². The van der Waals surface area contributed by atoms with Crippen LogP contribution in [0.2, 0.25) is 5.02 Å². The second kappa shape index (κ2) is 5.52. The first-order valence-electron chi connectivity index (χ1n) is 5.09. The second-order valence-electron chi connectivity index (χ2n) is 3.57. The fourth-order valence-electron chi connectivity index (χ4n) is 1.47. The number of nitrogens with one attached hydrogen (secondary N) is 1. The van der Waals surface area contributed by atoms with Gasteiger partial charge in [0, 0.05) is 16.0 Å². The van der Waals surface area contributed by atoms with Gasteiger partial charge in [0.15, 0.2) is 0 Å². The van der Waals surface area contributed by atoms with Crippen LogP contribution in [0.3, 0.4) is 0 Å². The van der Waals surface area contributed by atoms with E-state index in [4.69, 9.17) is 11.6 Å². The number of hydrogen-bond acceptors (Lipinski definition) is 1. The van der Waals surface area contributed by atoms with E-state index < -0.39 is 0 Å². The van der Waals surface area contributed by atoms with Crippen LogP contribution in [-0.4, -0.2) is 0 Å². The number of hydrogen-bond donors (Lipinski definition) is 1. The minimum Gasteiger partial charge on any atom is -0.379 e. The maximum absolute atomic E-state index is 13.4. The van der Waals surface area contributed by atoms with Gasteiger partial charge in [-0.2, -0.15) is 0 Å². The summed E-state index contributed by atoms with van der Waals surface area (Å²) < 4.78 is 14.3. The first-order chi connectivity index (χ1) is 8.16. The number of rotatable bonds is 3. The predicted molar refractivity (Wildman–Crippen MR) is 72.9 cm³/mol. The van der Waals surface area contributed by atoms with Crippen LogP contribution in [0, 0.1) is 5.82 Å². The maximum atomic E-state index is 13.4. The SMILES string of the molecule is Fc1ccccc1NCc1cc(Cl)ccc1Br. The highest BCUT2D eigenvalue weighted by Crippen LogP contribution is 2.22. The van der Waals surface area contributed by atoms with Gasteiger partial charge in [-0.15, -0.1) is 0 Å². The van der Waals surface area contributed by atoms with Crippen LogP contribution in [0.4, 0.5) is 10.1 Å². The molecule has 1 nitrogen and oxygen atoms in total. The molecule has 0 aliphatic carbocycles. The van der Waals surface area contributed by atoms with Crippen molar-refractivity contribution >= 4 is 33.2 Å². The first kappa shape index (κ1) is 12.4. The lowest BCUT2D eigenvalue weighted by Crippen LogP contribution is -2.01. The smallest absolute Gasteiger partial charge is 0.146 e. The van der Waals surface area contributed by atoms with Gasteiger partial charge in [-0.1, -0.05) is 39.7 Å². The maximum Gasteiger partial charge on any atom is 0.146 e. The third kappa shape index (κ3) is 3.20. The number of para-hydroxylation sites is 1. The van der Waals surface area contributed by atoms with Crippen LogP contribution in [0.5, 0.6) is 0 Å². The molecule has 4 heteroatoms. The molecule has 88 valence electrons. The summed E-state index contributed by atoms with van der Waals surface area (Å²) in [5.41, 5.74) is 1.47. The summed E-state index contributed by atoms with van der Waals surface area (Å²) in [6.07, 6.45) is 0.